The molecule has 0 unspecified atom stereocenters. The van der Waals surface area contributed by atoms with E-state index in [-0.39, 0.29) is 17.9 Å². The van der Waals surface area contributed by atoms with Crippen molar-refractivity contribution in [3.05, 3.63) is 95.2 Å². The predicted octanol–water partition coefficient (Wildman–Crippen LogP) is 3.20. The lowest BCUT2D eigenvalue weighted by Crippen LogP contribution is -2.24. The van der Waals surface area contributed by atoms with E-state index < -0.39 is 0 Å². The van der Waals surface area contributed by atoms with Crippen LogP contribution in [0.15, 0.2) is 84.0 Å². The number of carbonyl (C=O) groups excluding carboxylic acids is 1. The van der Waals surface area contributed by atoms with Crippen molar-refractivity contribution in [2.45, 2.75) is 0 Å². The standard InChI is InChI=1S/C23H19N5O2/c1-28-22(30)14-20(16-8-11-24-12-9-16)27-23(28)26-15-21(29)18-6-4-5-17(13-18)19-7-2-3-10-25-19/h2-14H,15H2,1H3,(H,26,27). The van der Waals surface area contributed by atoms with Gasteiger partial charge in [-0.05, 0) is 30.3 Å². The van der Waals surface area contributed by atoms with Crippen molar-refractivity contribution in [1.29, 1.82) is 0 Å². The van der Waals surface area contributed by atoms with E-state index in [2.05, 4.69) is 20.3 Å². The number of Topliss-reactive ketones (excluding diaryl/α,β-unsaturated/α-hetero) is 1. The molecule has 30 heavy (non-hydrogen) atoms. The van der Waals surface area contributed by atoms with Gasteiger partial charge in [-0.2, -0.15) is 0 Å². The Balaban J connectivity index is 1.55. The summed E-state index contributed by atoms with van der Waals surface area (Å²) in [4.78, 5) is 37.9. The van der Waals surface area contributed by atoms with E-state index >= 15 is 0 Å². The number of hydrogen-bond donors (Lipinski definition) is 1. The van der Waals surface area contributed by atoms with Crippen LogP contribution in [0.5, 0.6) is 0 Å². The summed E-state index contributed by atoms with van der Waals surface area (Å²) >= 11 is 0. The molecule has 0 aliphatic carbocycles. The SMILES string of the molecule is Cn1c(NCC(=O)c2cccc(-c3ccccn3)c2)nc(-c2ccncc2)cc1=O. The fraction of sp³-hybridized carbons (Fsp3) is 0.0870. The molecule has 7 nitrogen and oxygen atoms in total. The maximum Gasteiger partial charge on any atom is 0.255 e. The van der Waals surface area contributed by atoms with Crippen molar-refractivity contribution in [2.75, 3.05) is 11.9 Å². The first-order chi connectivity index (χ1) is 14.6. The van der Waals surface area contributed by atoms with Gasteiger partial charge in [-0.25, -0.2) is 4.98 Å². The lowest BCUT2D eigenvalue weighted by atomic mass is 10.0. The number of hydrogen-bond acceptors (Lipinski definition) is 6. The number of ketones is 1. The molecule has 0 radical (unpaired) electrons. The Labute approximate surface area is 173 Å². The Bertz CT molecular complexity index is 1240. The molecule has 0 fully saturated rings. The third-order valence-corrected chi connectivity index (χ3v) is 4.66. The number of rotatable bonds is 6. The van der Waals surface area contributed by atoms with Gasteiger partial charge in [0.25, 0.3) is 5.56 Å². The van der Waals surface area contributed by atoms with E-state index in [1.165, 1.54) is 10.6 Å². The molecule has 0 aliphatic heterocycles. The van der Waals surface area contributed by atoms with Crippen molar-refractivity contribution in [3.63, 3.8) is 0 Å². The molecular weight excluding hydrogens is 378 g/mol. The van der Waals surface area contributed by atoms with Crippen molar-refractivity contribution in [1.82, 2.24) is 19.5 Å². The summed E-state index contributed by atoms with van der Waals surface area (Å²) in [6, 6.07) is 18.0. The Morgan fingerprint density at radius 3 is 2.53 bits per heavy atom. The first-order valence-electron chi connectivity index (χ1n) is 9.39. The maximum absolute atomic E-state index is 12.7. The van der Waals surface area contributed by atoms with Gasteiger partial charge in [0.05, 0.1) is 17.9 Å². The van der Waals surface area contributed by atoms with Gasteiger partial charge in [-0.3, -0.25) is 24.1 Å². The smallest absolute Gasteiger partial charge is 0.255 e. The molecule has 0 atom stereocenters. The summed E-state index contributed by atoms with van der Waals surface area (Å²) in [5.41, 5.74) is 3.30. The normalized spacial score (nSPS) is 10.6. The summed E-state index contributed by atoms with van der Waals surface area (Å²) in [5, 5.41) is 2.99. The van der Waals surface area contributed by atoms with E-state index in [1.54, 1.807) is 43.8 Å². The van der Waals surface area contributed by atoms with Crippen LogP contribution < -0.4 is 10.9 Å². The van der Waals surface area contributed by atoms with E-state index in [0.717, 1.165) is 16.8 Å². The monoisotopic (exact) mass is 397 g/mol. The number of nitrogens with one attached hydrogen (secondary N) is 1. The van der Waals surface area contributed by atoms with Crippen LogP contribution in [0.1, 0.15) is 10.4 Å². The van der Waals surface area contributed by atoms with Crippen molar-refractivity contribution in [2.24, 2.45) is 7.05 Å². The van der Waals surface area contributed by atoms with Gasteiger partial charge in [0.15, 0.2) is 5.78 Å². The van der Waals surface area contributed by atoms with Crippen molar-refractivity contribution >= 4 is 11.7 Å². The molecule has 4 rings (SSSR count). The molecule has 0 spiro atoms. The molecule has 148 valence electrons. The van der Waals surface area contributed by atoms with Gasteiger partial charge in [0, 0.05) is 48.4 Å². The molecule has 0 saturated heterocycles. The third kappa shape index (κ3) is 4.15. The van der Waals surface area contributed by atoms with Crippen LogP contribution in [0.25, 0.3) is 22.5 Å². The lowest BCUT2D eigenvalue weighted by molar-refractivity contribution is 0.101. The summed E-state index contributed by atoms with van der Waals surface area (Å²) in [6.07, 6.45) is 4.99. The Morgan fingerprint density at radius 2 is 1.77 bits per heavy atom. The first-order valence-corrected chi connectivity index (χ1v) is 9.39. The fourth-order valence-corrected chi connectivity index (χ4v) is 3.02. The average molecular weight is 397 g/mol. The minimum atomic E-state index is -0.219. The van der Waals surface area contributed by atoms with Crippen LogP contribution >= 0.6 is 0 Å². The number of nitrogens with zero attached hydrogens (tertiary/aromatic N) is 4. The number of aromatic nitrogens is 4. The molecule has 1 aromatic carbocycles. The van der Waals surface area contributed by atoms with Crippen LogP contribution in [-0.4, -0.2) is 31.8 Å². The van der Waals surface area contributed by atoms with Gasteiger partial charge in [0.1, 0.15) is 0 Å². The van der Waals surface area contributed by atoms with Crippen LogP contribution in [0, 0.1) is 0 Å². The van der Waals surface area contributed by atoms with Gasteiger partial charge < -0.3 is 5.32 Å². The second-order valence-corrected chi connectivity index (χ2v) is 6.67. The van der Waals surface area contributed by atoms with Crippen LogP contribution in [-0.2, 0) is 7.05 Å². The molecule has 4 aromatic rings. The quantitative estimate of drug-likeness (QED) is 0.503. The maximum atomic E-state index is 12.7. The van der Waals surface area contributed by atoms with E-state index in [9.17, 15) is 9.59 Å². The Kier molecular flexibility index (Phi) is 5.43. The zero-order valence-corrected chi connectivity index (χ0v) is 16.3. The highest BCUT2D eigenvalue weighted by molar-refractivity contribution is 5.99. The number of pyridine rings is 2. The topological polar surface area (TPSA) is 89.8 Å². The summed E-state index contributed by atoms with van der Waals surface area (Å²) in [5.74, 6) is 0.208. The lowest BCUT2D eigenvalue weighted by Gasteiger charge is -2.11. The molecule has 3 aromatic heterocycles. The number of benzene rings is 1. The molecule has 0 aliphatic rings. The summed E-state index contributed by atoms with van der Waals surface area (Å²) in [6.45, 7) is 0.00570. The second-order valence-electron chi connectivity index (χ2n) is 6.67. The Hall–Kier alpha value is -4.13. The molecule has 1 N–H and O–H groups in total. The number of anilines is 1. The summed E-state index contributed by atoms with van der Waals surface area (Å²) in [7, 11) is 1.61. The predicted molar refractivity (Wildman–Crippen MR) is 115 cm³/mol. The molecule has 0 bridgehead atoms. The first kappa shape index (κ1) is 19.2. The van der Waals surface area contributed by atoms with Gasteiger partial charge in [0.2, 0.25) is 5.95 Å². The fourth-order valence-electron chi connectivity index (χ4n) is 3.02. The molecule has 0 saturated carbocycles. The number of carbonyl (C=O) groups is 1. The van der Waals surface area contributed by atoms with Crippen LogP contribution in [0.4, 0.5) is 5.95 Å². The zero-order valence-electron chi connectivity index (χ0n) is 16.3. The zero-order chi connectivity index (χ0) is 20.9. The van der Waals surface area contributed by atoms with Crippen LogP contribution in [0.2, 0.25) is 0 Å². The van der Waals surface area contributed by atoms with Crippen LogP contribution in [0.3, 0.4) is 0 Å². The van der Waals surface area contributed by atoms with E-state index in [4.69, 9.17) is 0 Å². The van der Waals surface area contributed by atoms with Gasteiger partial charge in [-0.1, -0.05) is 24.3 Å². The second kappa shape index (κ2) is 8.48. The largest absolute Gasteiger partial charge is 0.348 e. The molecule has 7 heteroatoms. The minimum Gasteiger partial charge on any atom is -0.348 e. The molecule has 3 heterocycles. The highest BCUT2D eigenvalue weighted by atomic mass is 16.1. The van der Waals surface area contributed by atoms with Crippen molar-refractivity contribution < 1.29 is 4.79 Å². The average Bonchev–Trinajstić information content (AvgIpc) is 2.81. The highest BCUT2D eigenvalue weighted by Gasteiger charge is 2.11. The molecule has 0 amide bonds. The van der Waals surface area contributed by atoms with Crippen molar-refractivity contribution in [3.8, 4) is 22.5 Å². The van der Waals surface area contributed by atoms with Gasteiger partial charge in [-0.15, -0.1) is 0 Å². The minimum absolute atomic E-state index is 0.00570. The van der Waals surface area contributed by atoms with E-state index in [1.807, 2.05) is 36.4 Å². The third-order valence-electron chi connectivity index (χ3n) is 4.66. The highest BCUT2D eigenvalue weighted by Crippen LogP contribution is 2.19. The van der Waals surface area contributed by atoms with E-state index in [0.29, 0.717) is 17.2 Å². The molecular formula is C23H19N5O2. The Morgan fingerprint density at radius 1 is 0.933 bits per heavy atom. The summed E-state index contributed by atoms with van der Waals surface area (Å²) < 4.78 is 1.38. The van der Waals surface area contributed by atoms with Gasteiger partial charge >= 0.3 is 0 Å².